The predicted molar refractivity (Wildman–Crippen MR) is 83.6 cm³/mol. The van der Waals surface area contributed by atoms with E-state index >= 15 is 0 Å². The van der Waals surface area contributed by atoms with Gasteiger partial charge in [-0.2, -0.15) is 0 Å². The number of morpholine rings is 1. The van der Waals surface area contributed by atoms with Crippen molar-refractivity contribution in [1.82, 2.24) is 4.90 Å². The molecule has 21 heavy (non-hydrogen) atoms. The summed E-state index contributed by atoms with van der Waals surface area (Å²) in [6, 6.07) is 5.24. The number of hydrogen-bond acceptors (Lipinski definition) is 5. The molecule has 1 aromatic carbocycles. The number of nitrogens with zero attached hydrogens (tertiary/aromatic N) is 2. The quantitative estimate of drug-likeness (QED) is 0.616. The van der Waals surface area contributed by atoms with Gasteiger partial charge in [-0.25, -0.2) is 0 Å². The molecule has 0 saturated carbocycles. The fraction of sp³-hybridized carbons (Fsp3) is 0.562. The second-order valence-electron chi connectivity index (χ2n) is 5.13. The number of aromatic hydroxyl groups is 1. The van der Waals surface area contributed by atoms with E-state index in [0.717, 1.165) is 57.8 Å². The predicted octanol–water partition coefficient (Wildman–Crippen LogP) is 1.93. The zero-order chi connectivity index (χ0) is 14.9. The van der Waals surface area contributed by atoms with Crippen molar-refractivity contribution in [1.29, 1.82) is 0 Å². The van der Waals surface area contributed by atoms with Crippen LogP contribution in [0.4, 0.5) is 0 Å². The lowest BCUT2D eigenvalue weighted by molar-refractivity contribution is 0.0373. The molecule has 0 aliphatic carbocycles. The van der Waals surface area contributed by atoms with Gasteiger partial charge >= 0.3 is 0 Å². The monoisotopic (exact) mass is 292 g/mol. The number of phenols is 1. The van der Waals surface area contributed by atoms with Crippen LogP contribution in [0.15, 0.2) is 23.2 Å². The van der Waals surface area contributed by atoms with Crippen LogP contribution >= 0.6 is 0 Å². The first-order valence-corrected chi connectivity index (χ1v) is 7.46. The molecule has 0 aromatic heterocycles. The zero-order valence-corrected chi connectivity index (χ0v) is 12.6. The number of benzene rings is 1. The number of phenolic OH excluding ortho intramolecular Hbond substituents is 1. The highest BCUT2D eigenvalue weighted by Gasteiger charge is 2.08. The van der Waals surface area contributed by atoms with E-state index in [1.807, 2.05) is 12.3 Å². The van der Waals surface area contributed by atoms with Gasteiger partial charge < -0.3 is 14.6 Å². The van der Waals surface area contributed by atoms with Crippen LogP contribution in [0.3, 0.4) is 0 Å². The molecule has 1 aliphatic rings. The Labute approximate surface area is 126 Å². The van der Waals surface area contributed by atoms with Crippen molar-refractivity contribution in [3.05, 3.63) is 23.8 Å². The largest absolute Gasteiger partial charge is 0.504 e. The molecule has 0 amide bonds. The lowest BCUT2D eigenvalue weighted by Crippen LogP contribution is -2.36. The molecule has 1 fully saturated rings. The van der Waals surface area contributed by atoms with Gasteiger partial charge in [-0.15, -0.1) is 0 Å². The number of aliphatic imine (C=N–C) groups is 1. The lowest BCUT2D eigenvalue weighted by Gasteiger charge is -2.26. The third-order valence-electron chi connectivity index (χ3n) is 3.56. The van der Waals surface area contributed by atoms with Crippen molar-refractivity contribution in [2.75, 3.05) is 46.5 Å². The van der Waals surface area contributed by atoms with Crippen LogP contribution in [0.1, 0.15) is 18.4 Å². The minimum Gasteiger partial charge on any atom is -0.504 e. The summed E-state index contributed by atoms with van der Waals surface area (Å²) in [5, 5.41) is 9.52. The Hall–Kier alpha value is -1.59. The summed E-state index contributed by atoms with van der Waals surface area (Å²) < 4.78 is 10.4. The van der Waals surface area contributed by atoms with Crippen LogP contribution < -0.4 is 4.74 Å². The molecule has 0 radical (unpaired) electrons. The number of hydrogen-bond donors (Lipinski definition) is 1. The Bertz CT molecular complexity index is 457. The molecule has 0 bridgehead atoms. The SMILES string of the molecule is COc1cc(C=NCCCCN2CCOCC2)ccc1O. The van der Waals surface area contributed by atoms with Crippen LogP contribution in [0.5, 0.6) is 11.5 Å². The summed E-state index contributed by atoms with van der Waals surface area (Å²) in [4.78, 5) is 6.87. The lowest BCUT2D eigenvalue weighted by atomic mass is 10.2. The first-order chi connectivity index (χ1) is 10.3. The highest BCUT2D eigenvalue weighted by Crippen LogP contribution is 2.25. The van der Waals surface area contributed by atoms with Crippen molar-refractivity contribution in [2.24, 2.45) is 4.99 Å². The second kappa shape index (κ2) is 8.64. The summed E-state index contributed by atoms with van der Waals surface area (Å²) in [5.74, 6) is 0.631. The molecule has 0 unspecified atom stereocenters. The third-order valence-corrected chi connectivity index (χ3v) is 3.56. The van der Waals surface area contributed by atoms with Gasteiger partial charge in [0.25, 0.3) is 0 Å². The van der Waals surface area contributed by atoms with E-state index in [2.05, 4.69) is 9.89 Å². The van der Waals surface area contributed by atoms with Gasteiger partial charge in [0.1, 0.15) is 0 Å². The molecule has 1 aliphatic heterocycles. The number of unbranched alkanes of at least 4 members (excludes halogenated alkanes) is 1. The van der Waals surface area contributed by atoms with E-state index in [9.17, 15) is 5.11 Å². The van der Waals surface area contributed by atoms with E-state index in [4.69, 9.17) is 9.47 Å². The van der Waals surface area contributed by atoms with Crippen LogP contribution in [0, 0.1) is 0 Å². The smallest absolute Gasteiger partial charge is 0.161 e. The van der Waals surface area contributed by atoms with Gasteiger partial charge in [0, 0.05) is 25.8 Å². The molecule has 2 rings (SSSR count). The Kier molecular flexibility index (Phi) is 6.50. The zero-order valence-electron chi connectivity index (χ0n) is 12.6. The van der Waals surface area contributed by atoms with Crippen molar-refractivity contribution in [3.8, 4) is 11.5 Å². The van der Waals surface area contributed by atoms with Crippen molar-refractivity contribution in [2.45, 2.75) is 12.8 Å². The summed E-state index contributed by atoms with van der Waals surface area (Å²) >= 11 is 0. The van der Waals surface area contributed by atoms with Gasteiger partial charge in [0.2, 0.25) is 0 Å². The molecule has 0 spiro atoms. The molecule has 116 valence electrons. The minimum atomic E-state index is 0.153. The maximum absolute atomic E-state index is 9.52. The van der Waals surface area contributed by atoms with Crippen LogP contribution in [0.2, 0.25) is 0 Å². The van der Waals surface area contributed by atoms with Gasteiger partial charge in [-0.3, -0.25) is 9.89 Å². The maximum atomic E-state index is 9.52. The summed E-state index contributed by atoms with van der Waals surface area (Å²) in [5.41, 5.74) is 0.942. The summed E-state index contributed by atoms with van der Waals surface area (Å²) in [6.07, 6.45) is 4.08. The minimum absolute atomic E-state index is 0.153. The highest BCUT2D eigenvalue weighted by molar-refractivity contribution is 5.80. The van der Waals surface area contributed by atoms with Crippen molar-refractivity contribution < 1.29 is 14.6 Å². The first-order valence-electron chi connectivity index (χ1n) is 7.46. The van der Waals surface area contributed by atoms with Gasteiger partial charge in [0.05, 0.1) is 20.3 Å². The number of methoxy groups -OCH3 is 1. The molecule has 1 saturated heterocycles. The Morgan fingerprint density at radius 3 is 2.90 bits per heavy atom. The van der Waals surface area contributed by atoms with Gasteiger partial charge in [-0.1, -0.05) is 0 Å². The fourth-order valence-electron chi connectivity index (χ4n) is 2.31. The van der Waals surface area contributed by atoms with Gasteiger partial charge in [0.15, 0.2) is 11.5 Å². The summed E-state index contributed by atoms with van der Waals surface area (Å²) in [7, 11) is 1.54. The molecule has 5 heteroatoms. The molecule has 0 atom stereocenters. The molecule has 5 nitrogen and oxygen atoms in total. The Morgan fingerprint density at radius 2 is 2.14 bits per heavy atom. The van der Waals surface area contributed by atoms with Crippen LogP contribution in [-0.2, 0) is 4.74 Å². The van der Waals surface area contributed by atoms with E-state index < -0.39 is 0 Å². The standard InChI is InChI=1S/C16H24N2O3/c1-20-16-12-14(4-5-15(16)19)13-17-6-2-3-7-18-8-10-21-11-9-18/h4-5,12-13,19H,2-3,6-11H2,1H3. The average Bonchev–Trinajstić information content (AvgIpc) is 2.53. The molecule has 1 heterocycles. The molecular weight excluding hydrogens is 268 g/mol. The van der Waals surface area contributed by atoms with Crippen molar-refractivity contribution in [3.63, 3.8) is 0 Å². The van der Waals surface area contributed by atoms with Gasteiger partial charge in [-0.05, 0) is 43.1 Å². The topological polar surface area (TPSA) is 54.3 Å². The average molecular weight is 292 g/mol. The first kappa shape index (κ1) is 15.8. The Balaban J connectivity index is 1.65. The summed E-state index contributed by atoms with van der Waals surface area (Å²) in [6.45, 7) is 5.79. The molecule has 1 aromatic rings. The Morgan fingerprint density at radius 1 is 1.33 bits per heavy atom. The maximum Gasteiger partial charge on any atom is 0.161 e. The van der Waals surface area contributed by atoms with E-state index in [1.165, 1.54) is 0 Å². The van der Waals surface area contributed by atoms with Crippen molar-refractivity contribution >= 4 is 6.21 Å². The van der Waals surface area contributed by atoms with Crippen LogP contribution in [-0.4, -0.2) is 62.7 Å². The normalized spacial score (nSPS) is 16.4. The second-order valence-corrected chi connectivity index (χ2v) is 5.13. The fourth-order valence-corrected chi connectivity index (χ4v) is 2.31. The van der Waals surface area contributed by atoms with E-state index in [0.29, 0.717) is 5.75 Å². The number of rotatable bonds is 7. The van der Waals surface area contributed by atoms with E-state index in [1.54, 1.807) is 19.2 Å². The molecular formula is C16H24N2O3. The van der Waals surface area contributed by atoms with E-state index in [-0.39, 0.29) is 5.75 Å². The molecule has 1 N–H and O–H groups in total. The van der Waals surface area contributed by atoms with Crippen LogP contribution in [0.25, 0.3) is 0 Å². The number of ether oxygens (including phenoxy) is 2. The highest BCUT2D eigenvalue weighted by atomic mass is 16.5. The third kappa shape index (κ3) is 5.36.